The van der Waals surface area contributed by atoms with E-state index in [4.69, 9.17) is 0 Å². The molecular weight excluding hydrogens is 324 g/mol. The minimum absolute atomic E-state index is 0.0201. The first-order valence-corrected chi connectivity index (χ1v) is 9.47. The highest BCUT2D eigenvalue weighted by atomic mass is 16.2. The van der Waals surface area contributed by atoms with Gasteiger partial charge in [0.2, 0.25) is 5.91 Å². The largest absolute Gasteiger partial charge is 0.352 e. The number of anilines is 1. The van der Waals surface area contributed by atoms with Crippen LogP contribution >= 0.6 is 0 Å². The Hall–Kier alpha value is -2.62. The topological polar surface area (TPSA) is 58.2 Å². The molecule has 2 aromatic carbocycles. The number of nitrogens with one attached hydrogen (secondary N) is 2. The molecule has 0 heterocycles. The maximum atomic E-state index is 12.8. The summed E-state index contributed by atoms with van der Waals surface area (Å²) < 4.78 is 0. The van der Waals surface area contributed by atoms with Gasteiger partial charge in [0.25, 0.3) is 5.91 Å². The zero-order valence-corrected chi connectivity index (χ0v) is 14.8. The fourth-order valence-electron chi connectivity index (χ4n) is 3.49. The predicted octanol–water partition coefficient (Wildman–Crippen LogP) is 4.27. The van der Waals surface area contributed by atoms with Gasteiger partial charge in [0.15, 0.2) is 0 Å². The van der Waals surface area contributed by atoms with Crippen LogP contribution in [0.5, 0.6) is 0 Å². The van der Waals surface area contributed by atoms with E-state index < -0.39 is 0 Å². The molecule has 0 radical (unpaired) electrons. The van der Waals surface area contributed by atoms with Crippen molar-refractivity contribution >= 4 is 28.3 Å². The molecule has 0 unspecified atom stereocenters. The van der Waals surface area contributed by atoms with Crippen molar-refractivity contribution in [1.29, 1.82) is 0 Å². The van der Waals surface area contributed by atoms with Crippen LogP contribution in [0.4, 0.5) is 5.69 Å². The standard InChI is InChI=1S/C22H24N2O2/c25-21(16-10-11-16)24-20-13-18-9-5-4-8-17(18)12-19(20)22(26)23-14-15-6-2-1-3-7-15/h1-2,4-5,8-9,12-13,15-16H,3,6-7,10-11,14H2,(H,23,26)(H,24,25)/t15-/m1/s1. The van der Waals surface area contributed by atoms with Gasteiger partial charge in [-0.1, -0.05) is 36.4 Å². The summed E-state index contributed by atoms with van der Waals surface area (Å²) in [6, 6.07) is 11.7. The van der Waals surface area contributed by atoms with Crippen molar-refractivity contribution in [1.82, 2.24) is 5.32 Å². The van der Waals surface area contributed by atoms with E-state index in [1.807, 2.05) is 36.4 Å². The van der Waals surface area contributed by atoms with Crippen LogP contribution in [0.25, 0.3) is 10.8 Å². The number of allylic oxidation sites excluding steroid dienone is 2. The summed E-state index contributed by atoms with van der Waals surface area (Å²) in [7, 11) is 0. The molecule has 2 aliphatic carbocycles. The Kier molecular flexibility index (Phi) is 4.74. The van der Waals surface area contributed by atoms with E-state index in [0.29, 0.717) is 23.7 Å². The number of benzene rings is 2. The lowest BCUT2D eigenvalue weighted by Gasteiger charge is -2.19. The summed E-state index contributed by atoms with van der Waals surface area (Å²) in [6.07, 6.45) is 9.49. The van der Waals surface area contributed by atoms with Crippen LogP contribution in [-0.4, -0.2) is 18.4 Å². The second-order valence-corrected chi connectivity index (χ2v) is 7.37. The Balaban J connectivity index is 1.57. The molecule has 2 amide bonds. The molecule has 0 bridgehead atoms. The number of hydrogen-bond acceptors (Lipinski definition) is 2. The van der Waals surface area contributed by atoms with E-state index in [9.17, 15) is 9.59 Å². The number of carbonyl (C=O) groups excluding carboxylic acids is 2. The monoisotopic (exact) mass is 348 g/mol. The van der Waals surface area contributed by atoms with E-state index in [-0.39, 0.29) is 17.7 Å². The molecule has 2 aromatic rings. The Morgan fingerprint density at radius 1 is 1.00 bits per heavy atom. The molecule has 26 heavy (non-hydrogen) atoms. The highest BCUT2D eigenvalue weighted by Gasteiger charge is 2.30. The highest BCUT2D eigenvalue weighted by molar-refractivity contribution is 6.08. The molecule has 2 N–H and O–H groups in total. The van der Waals surface area contributed by atoms with Crippen LogP contribution in [0.2, 0.25) is 0 Å². The van der Waals surface area contributed by atoms with Crippen molar-refractivity contribution in [2.24, 2.45) is 11.8 Å². The number of rotatable bonds is 5. The van der Waals surface area contributed by atoms with Crippen LogP contribution < -0.4 is 10.6 Å². The van der Waals surface area contributed by atoms with Crippen molar-refractivity contribution in [2.75, 3.05) is 11.9 Å². The van der Waals surface area contributed by atoms with Crippen molar-refractivity contribution in [3.63, 3.8) is 0 Å². The van der Waals surface area contributed by atoms with E-state index in [2.05, 4.69) is 22.8 Å². The number of amides is 2. The smallest absolute Gasteiger partial charge is 0.253 e. The first-order valence-electron chi connectivity index (χ1n) is 9.47. The fraction of sp³-hybridized carbons (Fsp3) is 0.364. The van der Waals surface area contributed by atoms with E-state index in [1.165, 1.54) is 0 Å². The molecule has 0 spiro atoms. The van der Waals surface area contributed by atoms with Gasteiger partial charge in [-0.2, -0.15) is 0 Å². The number of fused-ring (bicyclic) bond motifs is 1. The van der Waals surface area contributed by atoms with Gasteiger partial charge in [-0.15, -0.1) is 0 Å². The molecule has 0 saturated heterocycles. The average Bonchev–Trinajstić information content (AvgIpc) is 3.52. The Morgan fingerprint density at radius 2 is 1.77 bits per heavy atom. The van der Waals surface area contributed by atoms with E-state index in [1.54, 1.807) is 0 Å². The quantitative estimate of drug-likeness (QED) is 0.793. The van der Waals surface area contributed by atoms with Gasteiger partial charge in [-0.05, 0) is 60.9 Å². The minimum atomic E-state index is -0.114. The lowest BCUT2D eigenvalue weighted by atomic mass is 9.94. The summed E-state index contributed by atoms with van der Waals surface area (Å²) in [5.41, 5.74) is 1.16. The van der Waals surface area contributed by atoms with E-state index in [0.717, 1.165) is 42.9 Å². The summed E-state index contributed by atoms with van der Waals surface area (Å²) >= 11 is 0. The van der Waals surface area contributed by atoms with Crippen molar-refractivity contribution < 1.29 is 9.59 Å². The van der Waals surface area contributed by atoms with Crippen LogP contribution in [0.3, 0.4) is 0 Å². The third-order valence-corrected chi connectivity index (χ3v) is 5.27. The summed E-state index contributed by atoms with van der Waals surface area (Å²) in [5, 5.41) is 8.06. The maximum Gasteiger partial charge on any atom is 0.253 e. The molecular formula is C22H24N2O2. The molecule has 1 saturated carbocycles. The van der Waals surface area contributed by atoms with E-state index >= 15 is 0 Å². The first-order chi connectivity index (χ1) is 12.7. The van der Waals surface area contributed by atoms with Crippen molar-refractivity contribution in [2.45, 2.75) is 32.1 Å². The Bertz CT molecular complexity index is 868. The zero-order chi connectivity index (χ0) is 17.9. The van der Waals surface area contributed by atoms with Crippen LogP contribution in [-0.2, 0) is 4.79 Å². The summed E-state index contributed by atoms with van der Waals surface area (Å²) in [5.74, 6) is 0.503. The minimum Gasteiger partial charge on any atom is -0.352 e. The SMILES string of the molecule is O=C(NC[C@@H]1CC=CCC1)c1cc2ccccc2cc1NC(=O)C1CC1. The lowest BCUT2D eigenvalue weighted by Crippen LogP contribution is -2.30. The fourth-order valence-corrected chi connectivity index (χ4v) is 3.49. The van der Waals surface area contributed by atoms with Crippen molar-refractivity contribution in [3.8, 4) is 0 Å². The first kappa shape index (κ1) is 16.8. The van der Waals surface area contributed by atoms with Gasteiger partial charge >= 0.3 is 0 Å². The van der Waals surface area contributed by atoms with Gasteiger partial charge < -0.3 is 10.6 Å². The predicted molar refractivity (Wildman–Crippen MR) is 104 cm³/mol. The zero-order valence-electron chi connectivity index (χ0n) is 14.8. The molecule has 0 aliphatic heterocycles. The number of carbonyl (C=O) groups is 2. The van der Waals surface area contributed by atoms with Gasteiger partial charge in [-0.3, -0.25) is 9.59 Å². The molecule has 4 nitrogen and oxygen atoms in total. The average molecular weight is 348 g/mol. The van der Waals surface area contributed by atoms with Crippen LogP contribution in [0, 0.1) is 11.8 Å². The summed E-state index contributed by atoms with van der Waals surface area (Å²) in [4.78, 5) is 25.1. The molecule has 0 aromatic heterocycles. The third kappa shape index (κ3) is 3.79. The third-order valence-electron chi connectivity index (χ3n) is 5.27. The van der Waals surface area contributed by atoms with Gasteiger partial charge in [0.1, 0.15) is 0 Å². The van der Waals surface area contributed by atoms with Gasteiger partial charge in [0, 0.05) is 12.5 Å². The molecule has 1 atom stereocenters. The van der Waals surface area contributed by atoms with Crippen LogP contribution in [0.15, 0.2) is 48.6 Å². The Labute approximate surface area is 153 Å². The molecule has 134 valence electrons. The second kappa shape index (κ2) is 7.32. The number of hydrogen-bond donors (Lipinski definition) is 2. The van der Waals surface area contributed by atoms with Gasteiger partial charge in [0.05, 0.1) is 11.3 Å². The molecule has 2 aliphatic rings. The highest BCUT2D eigenvalue weighted by Crippen LogP contribution is 2.32. The molecule has 1 fully saturated rings. The Morgan fingerprint density at radius 3 is 2.46 bits per heavy atom. The lowest BCUT2D eigenvalue weighted by molar-refractivity contribution is -0.117. The normalized spacial score (nSPS) is 19.3. The van der Waals surface area contributed by atoms with Crippen LogP contribution in [0.1, 0.15) is 42.5 Å². The van der Waals surface area contributed by atoms with Crippen molar-refractivity contribution in [3.05, 3.63) is 54.1 Å². The molecule has 4 heteroatoms. The maximum absolute atomic E-state index is 12.8. The summed E-state index contributed by atoms with van der Waals surface area (Å²) in [6.45, 7) is 0.673. The second-order valence-electron chi connectivity index (χ2n) is 7.37. The van der Waals surface area contributed by atoms with Gasteiger partial charge in [-0.25, -0.2) is 0 Å². The molecule has 4 rings (SSSR count).